The Labute approximate surface area is 116 Å². The van der Waals surface area contributed by atoms with Gasteiger partial charge in [-0.25, -0.2) is 4.98 Å². The zero-order valence-corrected chi connectivity index (χ0v) is 12.1. The molecule has 0 aliphatic carbocycles. The first kappa shape index (κ1) is 13.9. The zero-order valence-electron chi connectivity index (χ0n) is 11.3. The van der Waals surface area contributed by atoms with Gasteiger partial charge in [0.15, 0.2) is 0 Å². The predicted octanol–water partition coefficient (Wildman–Crippen LogP) is 2.50. The number of pyridine rings is 1. The van der Waals surface area contributed by atoms with E-state index in [1.54, 1.807) is 12.4 Å². The quantitative estimate of drug-likeness (QED) is 0.931. The van der Waals surface area contributed by atoms with E-state index in [0.29, 0.717) is 5.75 Å². The Balaban J connectivity index is 2.39. The van der Waals surface area contributed by atoms with Crippen LogP contribution in [0.1, 0.15) is 26.6 Å². The van der Waals surface area contributed by atoms with Crippen LogP contribution in [0, 0.1) is 0 Å². The molecule has 2 aromatic heterocycles. The minimum Gasteiger partial charge on any atom is -0.481 e. The van der Waals surface area contributed by atoms with E-state index in [0.717, 1.165) is 16.9 Å². The number of carboxylic acids is 1. The molecule has 0 aliphatic rings. The van der Waals surface area contributed by atoms with Crippen LogP contribution in [0.2, 0.25) is 0 Å². The van der Waals surface area contributed by atoms with Crippen molar-refractivity contribution in [3.63, 3.8) is 0 Å². The van der Waals surface area contributed by atoms with Gasteiger partial charge in [0.05, 0.1) is 23.2 Å². The van der Waals surface area contributed by atoms with E-state index in [2.05, 4.69) is 35.3 Å². The molecular formula is C13H17N3O2S. The van der Waals surface area contributed by atoms with Crippen molar-refractivity contribution >= 4 is 28.8 Å². The number of rotatable bonds is 4. The van der Waals surface area contributed by atoms with Crippen molar-refractivity contribution < 1.29 is 9.90 Å². The molecule has 102 valence electrons. The first-order chi connectivity index (χ1) is 8.89. The Hall–Kier alpha value is -1.56. The monoisotopic (exact) mass is 279 g/mol. The molecule has 2 heterocycles. The number of hydrogen-bond donors (Lipinski definition) is 1. The van der Waals surface area contributed by atoms with Gasteiger partial charge in [-0.05, 0) is 26.8 Å². The van der Waals surface area contributed by atoms with Gasteiger partial charge < -0.3 is 9.67 Å². The van der Waals surface area contributed by atoms with Crippen LogP contribution in [0.15, 0.2) is 18.5 Å². The smallest absolute Gasteiger partial charge is 0.313 e. The maximum atomic E-state index is 10.6. The van der Waals surface area contributed by atoms with Gasteiger partial charge in [-0.1, -0.05) is 0 Å². The third-order valence-electron chi connectivity index (χ3n) is 2.65. The number of carbonyl (C=O) groups is 1. The van der Waals surface area contributed by atoms with Crippen molar-refractivity contribution in [2.75, 3.05) is 5.75 Å². The first-order valence-corrected chi connectivity index (χ1v) is 7.16. The highest BCUT2D eigenvalue weighted by molar-refractivity contribution is 7.99. The highest BCUT2D eigenvalue weighted by Gasteiger charge is 2.21. The van der Waals surface area contributed by atoms with Crippen LogP contribution >= 0.6 is 11.8 Å². The van der Waals surface area contributed by atoms with Gasteiger partial charge in [0.2, 0.25) is 0 Å². The summed E-state index contributed by atoms with van der Waals surface area (Å²) in [6.45, 7) is 6.33. The summed E-state index contributed by atoms with van der Waals surface area (Å²) in [6.07, 6.45) is 3.49. The Morgan fingerprint density at radius 2 is 2.21 bits per heavy atom. The lowest BCUT2D eigenvalue weighted by Crippen LogP contribution is -2.23. The number of hydrogen-bond acceptors (Lipinski definition) is 4. The molecule has 0 aliphatic heterocycles. The van der Waals surface area contributed by atoms with E-state index in [1.807, 2.05) is 6.07 Å². The summed E-state index contributed by atoms with van der Waals surface area (Å²) >= 11 is 1.36. The van der Waals surface area contributed by atoms with Crippen molar-refractivity contribution in [1.29, 1.82) is 0 Å². The fraction of sp³-hybridized carbons (Fsp3) is 0.462. The van der Waals surface area contributed by atoms with Crippen molar-refractivity contribution in [2.24, 2.45) is 0 Å². The maximum absolute atomic E-state index is 10.6. The summed E-state index contributed by atoms with van der Waals surface area (Å²) in [6, 6.07) is 1.94. The molecule has 2 aromatic rings. The molecule has 0 saturated carbocycles. The standard InChI is InChI=1S/C13H17N3O2S/c1-13(2,3)16-10-4-5-14-6-9(10)15-11(16)7-19-8-12(17)18/h4-6H,7-8H2,1-3H3,(H,17,18). The van der Waals surface area contributed by atoms with E-state index in [1.165, 1.54) is 11.8 Å². The van der Waals surface area contributed by atoms with E-state index < -0.39 is 5.97 Å². The Kier molecular flexibility index (Phi) is 3.80. The molecule has 0 unspecified atom stereocenters. The van der Waals surface area contributed by atoms with Gasteiger partial charge in [0, 0.05) is 11.7 Å². The molecule has 0 aromatic carbocycles. The normalized spacial score (nSPS) is 11.9. The number of imidazole rings is 1. The Bertz CT molecular complexity index is 601. The van der Waals surface area contributed by atoms with Crippen LogP contribution in [0.25, 0.3) is 11.0 Å². The number of aromatic nitrogens is 3. The molecule has 0 fully saturated rings. The van der Waals surface area contributed by atoms with Gasteiger partial charge in [-0.15, -0.1) is 11.8 Å². The maximum Gasteiger partial charge on any atom is 0.313 e. The third kappa shape index (κ3) is 3.07. The number of aliphatic carboxylic acids is 1. The van der Waals surface area contributed by atoms with Crippen LogP contribution < -0.4 is 0 Å². The van der Waals surface area contributed by atoms with Crippen LogP contribution in [0.5, 0.6) is 0 Å². The van der Waals surface area contributed by atoms with Gasteiger partial charge >= 0.3 is 5.97 Å². The van der Waals surface area contributed by atoms with Crippen LogP contribution in [0.4, 0.5) is 0 Å². The summed E-state index contributed by atoms with van der Waals surface area (Å²) in [4.78, 5) is 19.2. The highest BCUT2D eigenvalue weighted by atomic mass is 32.2. The van der Waals surface area contributed by atoms with Crippen molar-refractivity contribution in [3.8, 4) is 0 Å². The molecule has 6 heteroatoms. The van der Waals surface area contributed by atoms with Crippen molar-refractivity contribution in [2.45, 2.75) is 32.1 Å². The van der Waals surface area contributed by atoms with Crippen LogP contribution in [0.3, 0.4) is 0 Å². The minimum atomic E-state index is -0.801. The summed E-state index contributed by atoms with van der Waals surface area (Å²) < 4.78 is 2.15. The number of nitrogens with zero attached hydrogens (tertiary/aromatic N) is 3. The third-order valence-corrected chi connectivity index (χ3v) is 3.57. The second kappa shape index (κ2) is 5.21. The number of carboxylic acid groups (broad SMARTS) is 1. The summed E-state index contributed by atoms with van der Waals surface area (Å²) in [7, 11) is 0. The molecule has 0 spiro atoms. The minimum absolute atomic E-state index is 0.0889. The van der Waals surface area contributed by atoms with Gasteiger partial charge in [0.1, 0.15) is 11.3 Å². The van der Waals surface area contributed by atoms with Gasteiger partial charge in [-0.2, -0.15) is 0 Å². The molecule has 0 atom stereocenters. The van der Waals surface area contributed by atoms with Crippen molar-refractivity contribution in [3.05, 3.63) is 24.3 Å². The predicted molar refractivity (Wildman–Crippen MR) is 76.3 cm³/mol. The van der Waals surface area contributed by atoms with Gasteiger partial charge in [0.25, 0.3) is 0 Å². The van der Waals surface area contributed by atoms with E-state index in [9.17, 15) is 4.79 Å². The average Bonchev–Trinajstić information content (AvgIpc) is 2.66. The molecule has 5 nitrogen and oxygen atoms in total. The lowest BCUT2D eigenvalue weighted by molar-refractivity contribution is -0.133. The van der Waals surface area contributed by atoms with E-state index in [4.69, 9.17) is 5.11 Å². The Morgan fingerprint density at radius 1 is 1.47 bits per heavy atom. The zero-order chi connectivity index (χ0) is 14.0. The topological polar surface area (TPSA) is 68.0 Å². The summed E-state index contributed by atoms with van der Waals surface area (Å²) in [5.74, 6) is 0.760. The van der Waals surface area contributed by atoms with Gasteiger partial charge in [-0.3, -0.25) is 9.78 Å². The van der Waals surface area contributed by atoms with Crippen LogP contribution in [-0.4, -0.2) is 31.4 Å². The SMILES string of the molecule is CC(C)(C)n1c(CSCC(=O)O)nc2cnccc21. The second-order valence-corrected chi connectivity index (χ2v) is 6.27. The van der Waals surface area contributed by atoms with Crippen LogP contribution in [-0.2, 0) is 16.1 Å². The fourth-order valence-electron chi connectivity index (χ4n) is 2.06. The fourth-order valence-corrected chi connectivity index (χ4v) is 2.71. The molecule has 1 N–H and O–H groups in total. The van der Waals surface area contributed by atoms with E-state index >= 15 is 0 Å². The molecular weight excluding hydrogens is 262 g/mol. The molecule has 19 heavy (non-hydrogen) atoms. The first-order valence-electron chi connectivity index (χ1n) is 6.01. The molecule has 0 radical (unpaired) electrons. The van der Waals surface area contributed by atoms with Crippen molar-refractivity contribution in [1.82, 2.24) is 14.5 Å². The molecule has 0 saturated heterocycles. The summed E-state index contributed by atoms with van der Waals surface area (Å²) in [5, 5.41) is 8.70. The molecule has 2 rings (SSSR count). The Morgan fingerprint density at radius 3 is 2.84 bits per heavy atom. The average molecular weight is 279 g/mol. The largest absolute Gasteiger partial charge is 0.481 e. The second-order valence-electron chi connectivity index (χ2n) is 5.29. The molecule has 0 amide bonds. The lowest BCUT2D eigenvalue weighted by Gasteiger charge is -2.24. The summed E-state index contributed by atoms with van der Waals surface area (Å²) in [5.41, 5.74) is 1.78. The number of thioether (sulfide) groups is 1. The van der Waals surface area contributed by atoms with E-state index in [-0.39, 0.29) is 11.3 Å². The highest BCUT2D eigenvalue weighted by Crippen LogP contribution is 2.26. The molecule has 0 bridgehead atoms. The lowest BCUT2D eigenvalue weighted by atomic mass is 10.1. The number of fused-ring (bicyclic) bond motifs is 1.